The van der Waals surface area contributed by atoms with E-state index in [1.807, 2.05) is 19.1 Å². The molecule has 1 aromatic carbocycles. The van der Waals surface area contributed by atoms with Crippen LogP contribution < -0.4 is 0 Å². The van der Waals surface area contributed by atoms with Gasteiger partial charge in [0, 0.05) is 35.3 Å². The van der Waals surface area contributed by atoms with Crippen molar-refractivity contribution >= 4 is 15.5 Å². The number of nitro groups is 1. The number of aryl methyl sites for hydroxylation is 1. The van der Waals surface area contributed by atoms with Gasteiger partial charge >= 0.3 is 0 Å². The lowest BCUT2D eigenvalue weighted by Gasteiger charge is -2.10. The van der Waals surface area contributed by atoms with Gasteiger partial charge in [-0.1, -0.05) is 12.1 Å². The number of aromatic nitrogens is 2. The second-order valence-electron chi connectivity index (χ2n) is 5.83. The topological polar surface area (TPSA) is 103 Å². The van der Waals surface area contributed by atoms with Crippen molar-refractivity contribution in [3.63, 3.8) is 0 Å². The first kappa shape index (κ1) is 17.7. The normalized spacial score (nSPS) is 11.3. The Balaban J connectivity index is 2.18. The summed E-state index contributed by atoms with van der Waals surface area (Å²) in [5.74, 6) is 0. The molecule has 132 valence electrons. The number of hydrogen-bond donors (Lipinski definition) is 0. The van der Waals surface area contributed by atoms with Crippen LogP contribution in [0.25, 0.3) is 22.4 Å². The second-order valence-corrected chi connectivity index (χ2v) is 7.85. The molecule has 0 atom stereocenters. The van der Waals surface area contributed by atoms with Crippen LogP contribution in [0.1, 0.15) is 5.69 Å². The highest BCUT2D eigenvalue weighted by molar-refractivity contribution is 7.90. The van der Waals surface area contributed by atoms with E-state index in [0.717, 1.165) is 11.9 Å². The Labute approximate surface area is 150 Å². The minimum atomic E-state index is -3.32. The third-order valence-electron chi connectivity index (χ3n) is 3.86. The summed E-state index contributed by atoms with van der Waals surface area (Å²) in [6, 6.07) is 11.3. The minimum absolute atomic E-state index is 0.143. The molecule has 2 heterocycles. The van der Waals surface area contributed by atoms with Crippen LogP contribution in [0, 0.1) is 17.0 Å². The van der Waals surface area contributed by atoms with Gasteiger partial charge < -0.3 is 0 Å². The predicted molar refractivity (Wildman–Crippen MR) is 97.4 cm³/mol. The lowest BCUT2D eigenvalue weighted by molar-refractivity contribution is -0.385. The fourth-order valence-electron chi connectivity index (χ4n) is 2.49. The molecule has 8 heteroatoms. The second kappa shape index (κ2) is 6.64. The molecule has 0 radical (unpaired) electrons. The first-order valence-corrected chi connectivity index (χ1v) is 9.53. The molecule has 0 unspecified atom stereocenters. The fraction of sp³-hybridized carbons (Fsp3) is 0.111. The van der Waals surface area contributed by atoms with E-state index in [0.29, 0.717) is 22.4 Å². The molecule has 3 aromatic rings. The summed E-state index contributed by atoms with van der Waals surface area (Å²) in [5, 5.41) is 11.1. The summed E-state index contributed by atoms with van der Waals surface area (Å²) in [4.78, 5) is 19.3. The molecule has 0 aliphatic rings. The predicted octanol–water partition coefficient (Wildman–Crippen LogP) is 3.43. The Hall–Kier alpha value is -3.13. The third kappa shape index (κ3) is 3.60. The molecule has 0 saturated heterocycles. The van der Waals surface area contributed by atoms with Crippen LogP contribution in [0.5, 0.6) is 0 Å². The SMILES string of the molecule is Cc1ccc(-c2ncc([N+](=O)[O-])cc2-c2ccc(S(C)(=O)=O)cc2)cn1. The van der Waals surface area contributed by atoms with Crippen LogP contribution in [0.3, 0.4) is 0 Å². The van der Waals surface area contributed by atoms with Crippen molar-refractivity contribution in [1.82, 2.24) is 9.97 Å². The maximum absolute atomic E-state index is 11.6. The monoisotopic (exact) mass is 369 g/mol. The van der Waals surface area contributed by atoms with Gasteiger partial charge in [0.15, 0.2) is 9.84 Å². The Kier molecular flexibility index (Phi) is 4.52. The van der Waals surface area contributed by atoms with E-state index in [1.54, 1.807) is 18.3 Å². The molecule has 0 saturated carbocycles. The molecule has 2 aromatic heterocycles. The number of pyridine rings is 2. The summed E-state index contributed by atoms with van der Waals surface area (Å²) in [6.07, 6.45) is 3.97. The highest BCUT2D eigenvalue weighted by atomic mass is 32.2. The Morgan fingerprint density at radius 3 is 2.15 bits per heavy atom. The molecule has 0 aliphatic heterocycles. The zero-order valence-corrected chi connectivity index (χ0v) is 14.9. The van der Waals surface area contributed by atoms with E-state index in [2.05, 4.69) is 9.97 Å². The van der Waals surface area contributed by atoms with Crippen molar-refractivity contribution in [1.29, 1.82) is 0 Å². The van der Waals surface area contributed by atoms with Crippen LogP contribution in [-0.2, 0) is 9.84 Å². The van der Waals surface area contributed by atoms with Crippen molar-refractivity contribution in [2.24, 2.45) is 0 Å². The molecule has 26 heavy (non-hydrogen) atoms. The lowest BCUT2D eigenvalue weighted by atomic mass is 10.00. The van der Waals surface area contributed by atoms with Crippen LogP contribution >= 0.6 is 0 Å². The summed E-state index contributed by atoms with van der Waals surface area (Å²) < 4.78 is 23.3. The van der Waals surface area contributed by atoms with Gasteiger partial charge in [-0.15, -0.1) is 0 Å². The molecule has 0 amide bonds. The first-order chi connectivity index (χ1) is 12.3. The van der Waals surface area contributed by atoms with E-state index in [-0.39, 0.29) is 10.6 Å². The van der Waals surface area contributed by atoms with Gasteiger partial charge in [0.2, 0.25) is 0 Å². The van der Waals surface area contributed by atoms with Gasteiger partial charge in [0.1, 0.15) is 6.20 Å². The number of sulfone groups is 1. The average Bonchev–Trinajstić information content (AvgIpc) is 2.61. The lowest BCUT2D eigenvalue weighted by Crippen LogP contribution is -1.98. The number of hydrogen-bond acceptors (Lipinski definition) is 6. The van der Waals surface area contributed by atoms with Crippen molar-refractivity contribution in [3.8, 4) is 22.4 Å². The Bertz CT molecular complexity index is 1080. The summed E-state index contributed by atoms with van der Waals surface area (Å²) >= 11 is 0. The molecule has 0 aliphatic carbocycles. The molecule has 7 nitrogen and oxygen atoms in total. The number of benzene rings is 1. The Morgan fingerprint density at radius 1 is 0.962 bits per heavy atom. The molecule has 3 rings (SSSR count). The maximum atomic E-state index is 11.6. The smallest absolute Gasteiger partial charge is 0.261 e. The molecule has 0 bridgehead atoms. The molecule has 0 spiro atoms. The van der Waals surface area contributed by atoms with Gasteiger partial charge in [-0.2, -0.15) is 0 Å². The van der Waals surface area contributed by atoms with Crippen LogP contribution in [0.15, 0.2) is 59.8 Å². The zero-order chi connectivity index (χ0) is 18.9. The fourth-order valence-corrected chi connectivity index (χ4v) is 3.12. The van der Waals surface area contributed by atoms with Crippen molar-refractivity contribution in [2.45, 2.75) is 11.8 Å². The highest BCUT2D eigenvalue weighted by Crippen LogP contribution is 2.33. The maximum Gasteiger partial charge on any atom is 0.288 e. The van der Waals surface area contributed by atoms with Gasteiger partial charge in [-0.05, 0) is 36.8 Å². The molecular formula is C18H15N3O4S. The molecular weight excluding hydrogens is 354 g/mol. The standard InChI is InChI=1S/C18H15N3O4S/c1-12-3-4-14(10-19-12)18-17(9-15(11-20-18)21(22)23)13-5-7-16(8-6-13)26(2,24)25/h3-11H,1-2H3. The Morgan fingerprint density at radius 2 is 1.62 bits per heavy atom. The van der Waals surface area contributed by atoms with Gasteiger partial charge in [0.05, 0.1) is 15.5 Å². The number of nitrogens with zero attached hydrogens (tertiary/aromatic N) is 3. The van der Waals surface area contributed by atoms with E-state index in [1.165, 1.54) is 24.4 Å². The zero-order valence-electron chi connectivity index (χ0n) is 14.1. The van der Waals surface area contributed by atoms with Crippen molar-refractivity contribution in [2.75, 3.05) is 6.26 Å². The largest absolute Gasteiger partial charge is 0.288 e. The molecule has 0 fully saturated rings. The average molecular weight is 369 g/mol. The summed E-state index contributed by atoms with van der Waals surface area (Å²) in [6.45, 7) is 1.86. The van der Waals surface area contributed by atoms with Crippen molar-refractivity contribution < 1.29 is 13.3 Å². The van der Waals surface area contributed by atoms with E-state index >= 15 is 0 Å². The summed E-state index contributed by atoms with van der Waals surface area (Å²) in [5.41, 5.74) is 3.11. The van der Waals surface area contributed by atoms with Crippen LogP contribution in [0.2, 0.25) is 0 Å². The first-order valence-electron chi connectivity index (χ1n) is 7.63. The quantitative estimate of drug-likeness (QED) is 0.515. The highest BCUT2D eigenvalue weighted by Gasteiger charge is 2.16. The van der Waals surface area contributed by atoms with Crippen LogP contribution in [-0.4, -0.2) is 29.6 Å². The summed E-state index contributed by atoms with van der Waals surface area (Å²) in [7, 11) is -3.32. The van der Waals surface area contributed by atoms with E-state index in [9.17, 15) is 18.5 Å². The van der Waals surface area contributed by atoms with Gasteiger partial charge in [0.25, 0.3) is 5.69 Å². The molecule has 0 N–H and O–H groups in total. The van der Waals surface area contributed by atoms with Crippen LogP contribution in [0.4, 0.5) is 5.69 Å². The van der Waals surface area contributed by atoms with E-state index < -0.39 is 14.8 Å². The minimum Gasteiger partial charge on any atom is -0.261 e. The number of rotatable bonds is 4. The van der Waals surface area contributed by atoms with E-state index in [4.69, 9.17) is 0 Å². The van der Waals surface area contributed by atoms with Gasteiger partial charge in [-0.3, -0.25) is 15.1 Å². The van der Waals surface area contributed by atoms with Crippen molar-refractivity contribution in [3.05, 3.63) is 70.7 Å². The van der Waals surface area contributed by atoms with Gasteiger partial charge in [-0.25, -0.2) is 13.4 Å². The third-order valence-corrected chi connectivity index (χ3v) is 4.99.